The molecule has 0 aliphatic carbocycles. The maximum atomic E-state index is 11.5. The van der Waals surface area contributed by atoms with Crippen molar-refractivity contribution in [3.05, 3.63) is 62.0 Å². The molecular weight excluding hydrogens is 271 g/mol. The molecule has 5 heteroatoms. The van der Waals surface area contributed by atoms with Crippen LogP contribution in [0.5, 0.6) is 0 Å². The van der Waals surface area contributed by atoms with Gasteiger partial charge in [-0.15, -0.1) is 0 Å². The van der Waals surface area contributed by atoms with Gasteiger partial charge in [-0.3, -0.25) is 4.79 Å². The molecule has 0 fully saturated rings. The van der Waals surface area contributed by atoms with Gasteiger partial charge in [0, 0.05) is 33.7 Å². The van der Waals surface area contributed by atoms with Crippen molar-refractivity contribution in [3.63, 3.8) is 0 Å². The minimum atomic E-state index is -0.292. The Hall–Kier alpha value is -1.76. The lowest BCUT2D eigenvalue weighted by molar-refractivity contribution is 0.968. The number of rotatable bonds is 1. The van der Waals surface area contributed by atoms with E-state index in [1.165, 1.54) is 12.3 Å². The fraction of sp³-hybridized carbons (Fsp3) is 0.0769. The van der Waals surface area contributed by atoms with Crippen LogP contribution in [0.1, 0.15) is 11.3 Å². The average molecular weight is 279 g/mol. The van der Waals surface area contributed by atoms with Gasteiger partial charge in [0.1, 0.15) is 11.6 Å². The highest BCUT2D eigenvalue weighted by Crippen LogP contribution is 2.22. The van der Waals surface area contributed by atoms with Crippen LogP contribution in [0, 0.1) is 18.3 Å². The normalized spacial score (nSPS) is 10.1. The highest BCUT2D eigenvalue weighted by Gasteiger charge is 2.06. The summed E-state index contributed by atoms with van der Waals surface area (Å²) in [5.74, 6) is 0. The lowest BCUT2D eigenvalue weighted by atomic mass is 10.2. The third kappa shape index (κ3) is 2.40. The smallest absolute Gasteiger partial charge is 0.199 e. The van der Waals surface area contributed by atoms with Crippen molar-refractivity contribution in [2.45, 2.75) is 6.92 Å². The van der Waals surface area contributed by atoms with E-state index in [0.29, 0.717) is 21.4 Å². The molecule has 0 bridgehead atoms. The fourth-order valence-electron chi connectivity index (χ4n) is 1.67. The van der Waals surface area contributed by atoms with E-state index in [1.54, 1.807) is 29.7 Å². The van der Waals surface area contributed by atoms with Gasteiger partial charge in [0.25, 0.3) is 0 Å². The molecule has 0 atom stereocenters. The Morgan fingerprint density at radius 2 is 1.78 bits per heavy atom. The zero-order chi connectivity index (χ0) is 13.3. The molecule has 1 heterocycles. The van der Waals surface area contributed by atoms with Crippen molar-refractivity contribution < 1.29 is 0 Å². The van der Waals surface area contributed by atoms with Crippen molar-refractivity contribution in [1.29, 1.82) is 5.26 Å². The molecule has 90 valence electrons. The summed E-state index contributed by atoms with van der Waals surface area (Å²) in [6.07, 6.45) is 1.49. The molecule has 18 heavy (non-hydrogen) atoms. The third-order valence-electron chi connectivity index (χ3n) is 2.49. The van der Waals surface area contributed by atoms with E-state index in [0.717, 1.165) is 0 Å². The summed E-state index contributed by atoms with van der Waals surface area (Å²) in [7, 11) is 0. The molecule has 0 aliphatic rings. The Bertz CT molecular complexity index is 694. The van der Waals surface area contributed by atoms with E-state index < -0.39 is 0 Å². The average Bonchev–Trinajstić information content (AvgIpc) is 2.27. The highest BCUT2D eigenvalue weighted by molar-refractivity contribution is 6.34. The van der Waals surface area contributed by atoms with Gasteiger partial charge in [-0.25, -0.2) is 0 Å². The van der Waals surface area contributed by atoms with Crippen LogP contribution in [0.3, 0.4) is 0 Å². The molecule has 0 radical (unpaired) electrons. The van der Waals surface area contributed by atoms with Gasteiger partial charge in [-0.1, -0.05) is 23.2 Å². The molecule has 1 aromatic carbocycles. The molecule has 1 aromatic heterocycles. The Balaban J connectivity index is 2.71. The largest absolute Gasteiger partial charge is 0.319 e. The van der Waals surface area contributed by atoms with Crippen molar-refractivity contribution in [1.82, 2.24) is 4.57 Å². The van der Waals surface area contributed by atoms with Gasteiger partial charge >= 0.3 is 0 Å². The molecule has 3 nitrogen and oxygen atoms in total. The standard InChI is InChI=1S/C13H8Cl2N2O/c1-8-2-13(18)9(6-16)7-17(8)12-4-10(14)3-11(15)5-12/h2-5,7H,1H3. The zero-order valence-electron chi connectivity index (χ0n) is 9.45. The van der Waals surface area contributed by atoms with Crippen molar-refractivity contribution in [2.75, 3.05) is 0 Å². The Morgan fingerprint density at radius 3 is 2.33 bits per heavy atom. The molecule has 0 unspecified atom stereocenters. The minimum absolute atomic E-state index is 0.0803. The summed E-state index contributed by atoms with van der Waals surface area (Å²) in [6, 6.07) is 8.32. The number of nitriles is 1. The number of halogens is 2. The van der Waals surface area contributed by atoms with E-state index in [9.17, 15) is 4.79 Å². The maximum Gasteiger partial charge on any atom is 0.199 e. The molecule has 0 N–H and O–H groups in total. The van der Waals surface area contributed by atoms with Crippen molar-refractivity contribution in [2.24, 2.45) is 0 Å². The molecular formula is C13H8Cl2N2O. The molecule has 2 rings (SSSR count). The summed E-state index contributed by atoms with van der Waals surface area (Å²) in [6.45, 7) is 1.78. The number of aryl methyl sites for hydroxylation is 1. The second kappa shape index (κ2) is 4.85. The number of aromatic nitrogens is 1. The predicted molar refractivity (Wildman–Crippen MR) is 71.5 cm³/mol. The van der Waals surface area contributed by atoms with Gasteiger partial charge in [-0.05, 0) is 25.1 Å². The van der Waals surface area contributed by atoms with E-state index in [4.69, 9.17) is 28.5 Å². The third-order valence-corrected chi connectivity index (χ3v) is 2.93. The Labute approximate surface area is 114 Å². The van der Waals surface area contributed by atoms with Crippen molar-refractivity contribution >= 4 is 23.2 Å². The van der Waals surface area contributed by atoms with E-state index in [2.05, 4.69) is 0 Å². The van der Waals surface area contributed by atoms with Crippen LogP contribution in [-0.4, -0.2) is 4.57 Å². The van der Waals surface area contributed by atoms with Crippen LogP contribution in [0.4, 0.5) is 0 Å². The van der Waals surface area contributed by atoms with Crippen LogP contribution in [0.15, 0.2) is 35.3 Å². The lowest BCUT2D eigenvalue weighted by Gasteiger charge is -2.11. The summed E-state index contributed by atoms with van der Waals surface area (Å²) in [4.78, 5) is 11.5. The van der Waals surface area contributed by atoms with Gasteiger partial charge < -0.3 is 4.57 Å². The summed E-state index contributed by atoms with van der Waals surface area (Å²) in [5, 5.41) is 9.86. The first-order chi connectivity index (χ1) is 8.51. The first kappa shape index (κ1) is 12.7. The van der Waals surface area contributed by atoms with E-state index >= 15 is 0 Å². The number of nitrogens with zero attached hydrogens (tertiary/aromatic N) is 2. The van der Waals surface area contributed by atoms with Gasteiger partial charge in [0.15, 0.2) is 5.43 Å². The molecule has 0 spiro atoms. The zero-order valence-corrected chi connectivity index (χ0v) is 11.0. The molecule has 2 aromatic rings. The maximum absolute atomic E-state index is 11.5. The number of hydrogen-bond donors (Lipinski definition) is 0. The van der Waals surface area contributed by atoms with Crippen LogP contribution >= 0.6 is 23.2 Å². The first-order valence-electron chi connectivity index (χ1n) is 5.11. The SMILES string of the molecule is Cc1cc(=O)c(C#N)cn1-c1cc(Cl)cc(Cl)c1. The second-order valence-corrected chi connectivity index (χ2v) is 4.68. The van der Waals surface area contributed by atoms with Gasteiger partial charge in [0.05, 0.1) is 0 Å². The predicted octanol–water partition coefficient (Wildman–Crippen LogP) is 3.32. The van der Waals surface area contributed by atoms with E-state index in [1.807, 2.05) is 6.07 Å². The van der Waals surface area contributed by atoms with Crippen molar-refractivity contribution in [3.8, 4) is 11.8 Å². The van der Waals surface area contributed by atoms with Gasteiger partial charge in [-0.2, -0.15) is 5.26 Å². The molecule has 0 aliphatic heterocycles. The topological polar surface area (TPSA) is 45.8 Å². The quantitative estimate of drug-likeness (QED) is 0.803. The Kier molecular flexibility index (Phi) is 3.42. The number of benzene rings is 1. The summed E-state index contributed by atoms with van der Waals surface area (Å²) in [5.41, 5.74) is 1.20. The number of pyridine rings is 1. The lowest BCUT2D eigenvalue weighted by Crippen LogP contribution is -2.11. The fourth-order valence-corrected chi connectivity index (χ4v) is 2.19. The molecule has 0 amide bonds. The van der Waals surface area contributed by atoms with Gasteiger partial charge in [0.2, 0.25) is 0 Å². The Morgan fingerprint density at radius 1 is 1.17 bits per heavy atom. The van der Waals surface area contributed by atoms with Crippen LogP contribution in [0.2, 0.25) is 10.0 Å². The second-order valence-electron chi connectivity index (χ2n) is 3.80. The van der Waals surface area contributed by atoms with E-state index in [-0.39, 0.29) is 11.0 Å². The summed E-state index contributed by atoms with van der Waals surface area (Å²) < 4.78 is 1.71. The number of hydrogen-bond acceptors (Lipinski definition) is 2. The summed E-state index contributed by atoms with van der Waals surface area (Å²) >= 11 is 11.9. The molecule has 0 saturated carbocycles. The van der Waals surface area contributed by atoms with Crippen LogP contribution in [-0.2, 0) is 0 Å². The first-order valence-corrected chi connectivity index (χ1v) is 5.87. The minimum Gasteiger partial charge on any atom is -0.319 e. The van der Waals surface area contributed by atoms with Crippen LogP contribution < -0.4 is 5.43 Å². The molecule has 0 saturated heterocycles. The monoisotopic (exact) mass is 278 g/mol. The highest BCUT2D eigenvalue weighted by atomic mass is 35.5. The van der Waals surface area contributed by atoms with Crippen LogP contribution in [0.25, 0.3) is 5.69 Å².